The summed E-state index contributed by atoms with van der Waals surface area (Å²) >= 11 is 14.9. The van der Waals surface area contributed by atoms with Crippen molar-refractivity contribution in [1.29, 1.82) is 0 Å². The summed E-state index contributed by atoms with van der Waals surface area (Å²) in [5, 5.41) is 7.72. The number of thiocarbonyl (C=S) groups is 1. The molecule has 0 spiro atoms. The molecule has 2 N–H and O–H groups in total. The van der Waals surface area contributed by atoms with Gasteiger partial charge in [-0.2, -0.15) is 0 Å². The number of nitrogens with zero attached hydrogens (tertiary/aromatic N) is 1. The fraction of sp³-hybridized carbons (Fsp3) is 0.368. The largest absolute Gasteiger partial charge is 0.362 e. The van der Waals surface area contributed by atoms with Crippen molar-refractivity contribution >= 4 is 50.7 Å². The van der Waals surface area contributed by atoms with E-state index in [1.807, 2.05) is 0 Å². The van der Waals surface area contributed by atoms with E-state index < -0.39 is 0 Å². The fourth-order valence-corrected chi connectivity index (χ4v) is 4.40. The zero-order valence-electron chi connectivity index (χ0n) is 13.9. The highest BCUT2D eigenvalue weighted by Crippen LogP contribution is 2.38. The van der Waals surface area contributed by atoms with Gasteiger partial charge in [-0.3, -0.25) is 0 Å². The average molecular weight is 439 g/mol. The molecule has 3 nitrogen and oxygen atoms in total. The minimum Gasteiger partial charge on any atom is -0.362 e. The summed E-state index contributed by atoms with van der Waals surface area (Å²) in [6.07, 6.45) is 7.83. The molecule has 1 aliphatic carbocycles. The van der Waals surface area contributed by atoms with E-state index >= 15 is 0 Å². The zero-order chi connectivity index (χ0) is 17.7. The topological polar surface area (TPSA) is 37.0 Å². The van der Waals surface area contributed by atoms with Gasteiger partial charge in [0.05, 0.1) is 9.50 Å². The molecule has 0 amide bonds. The fourth-order valence-electron chi connectivity index (χ4n) is 3.50. The molecule has 0 unspecified atom stereocenters. The normalized spacial score (nSPS) is 16.2. The van der Waals surface area contributed by atoms with Crippen molar-refractivity contribution in [3.8, 4) is 0 Å². The minimum absolute atomic E-state index is 0.149. The van der Waals surface area contributed by atoms with Crippen LogP contribution in [0.3, 0.4) is 0 Å². The molecule has 1 aromatic carbocycles. The highest BCUT2D eigenvalue weighted by Gasteiger charge is 2.33. The molecule has 3 rings (SSSR count). The molecule has 2 aromatic rings. The second-order valence-electron chi connectivity index (χ2n) is 6.50. The van der Waals surface area contributed by atoms with Crippen LogP contribution in [0, 0.1) is 0 Å². The molecule has 0 radical (unpaired) electrons. The first-order valence-electron chi connectivity index (χ1n) is 8.50. The number of hydrogen-bond acceptors (Lipinski definition) is 2. The summed E-state index contributed by atoms with van der Waals surface area (Å²) < 4.78 is 0.791. The molecule has 25 heavy (non-hydrogen) atoms. The number of halogens is 2. The smallest absolute Gasteiger partial charge is 0.172 e. The van der Waals surface area contributed by atoms with Crippen LogP contribution < -0.4 is 10.6 Å². The molecular formula is C19H21BrClN3S. The molecule has 0 aliphatic heterocycles. The molecule has 1 aromatic heterocycles. The lowest BCUT2D eigenvalue weighted by molar-refractivity contribution is 0.292. The monoisotopic (exact) mass is 437 g/mol. The van der Waals surface area contributed by atoms with Crippen molar-refractivity contribution in [1.82, 2.24) is 10.3 Å². The van der Waals surface area contributed by atoms with Crippen molar-refractivity contribution in [2.45, 2.75) is 37.5 Å². The van der Waals surface area contributed by atoms with Crippen LogP contribution in [0.2, 0.25) is 5.02 Å². The van der Waals surface area contributed by atoms with Crippen LogP contribution in [-0.4, -0.2) is 16.6 Å². The van der Waals surface area contributed by atoms with E-state index in [9.17, 15) is 0 Å². The Morgan fingerprint density at radius 3 is 2.60 bits per heavy atom. The number of nitrogens with one attached hydrogen (secondary N) is 2. The Morgan fingerprint density at radius 2 is 1.92 bits per heavy atom. The molecule has 0 saturated heterocycles. The summed E-state index contributed by atoms with van der Waals surface area (Å²) in [6, 6.07) is 12.6. The molecule has 6 heteroatoms. The van der Waals surface area contributed by atoms with Crippen LogP contribution in [0.4, 0.5) is 5.82 Å². The lowest BCUT2D eigenvalue weighted by Crippen LogP contribution is -2.43. The number of rotatable bonds is 4. The summed E-state index contributed by atoms with van der Waals surface area (Å²) in [4.78, 5) is 4.27. The maximum absolute atomic E-state index is 5.93. The summed E-state index contributed by atoms with van der Waals surface area (Å²) in [6.45, 7) is 0.827. The minimum atomic E-state index is 0.149. The lowest BCUT2D eigenvalue weighted by atomic mass is 9.69. The maximum Gasteiger partial charge on any atom is 0.172 e. The van der Waals surface area contributed by atoms with Crippen LogP contribution >= 0.6 is 39.7 Å². The van der Waals surface area contributed by atoms with E-state index in [0.717, 1.165) is 11.0 Å². The number of anilines is 1. The second-order valence-corrected chi connectivity index (χ2v) is 8.20. The molecule has 1 fully saturated rings. The van der Waals surface area contributed by atoms with Gasteiger partial charge >= 0.3 is 0 Å². The summed E-state index contributed by atoms with van der Waals surface area (Å²) in [5.74, 6) is 0.666. The number of benzene rings is 1. The van der Waals surface area contributed by atoms with Crippen molar-refractivity contribution in [3.05, 3.63) is 57.7 Å². The molecular weight excluding hydrogens is 418 g/mol. The Bertz CT molecular complexity index is 733. The van der Waals surface area contributed by atoms with Crippen LogP contribution in [0.25, 0.3) is 0 Å². The third kappa shape index (κ3) is 4.72. The molecule has 0 atom stereocenters. The third-order valence-corrected chi connectivity index (χ3v) is 5.88. The summed E-state index contributed by atoms with van der Waals surface area (Å²) in [7, 11) is 0. The van der Waals surface area contributed by atoms with Gasteiger partial charge in [0.25, 0.3) is 0 Å². The van der Waals surface area contributed by atoms with Gasteiger partial charge in [-0.25, -0.2) is 4.98 Å². The molecule has 1 heterocycles. The predicted octanol–water partition coefficient (Wildman–Crippen LogP) is 5.69. The first-order valence-corrected chi connectivity index (χ1v) is 10.1. The Kier molecular flexibility index (Phi) is 6.31. The van der Waals surface area contributed by atoms with Crippen molar-refractivity contribution in [2.24, 2.45) is 0 Å². The molecule has 1 aliphatic rings. The van der Waals surface area contributed by atoms with Gasteiger partial charge in [0.2, 0.25) is 0 Å². The number of aromatic nitrogens is 1. The predicted molar refractivity (Wildman–Crippen MR) is 112 cm³/mol. The van der Waals surface area contributed by atoms with E-state index in [1.165, 1.54) is 37.7 Å². The van der Waals surface area contributed by atoms with Gasteiger partial charge < -0.3 is 10.6 Å². The van der Waals surface area contributed by atoms with Gasteiger partial charge in [0.15, 0.2) is 5.11 Å². The van der Waals surface area contributed by atoms with Crippen LogP contribution in [0.5, 0.6) is 0 Å². The Balaban J connectivity index is 1.68. The number of hydrogen-bond donors (Lipinski definition) is 2. The molecule has 132 valence electrons. The van der Waals surface area contributed by atoms with Crippen molar-refractivity contribution in [3.63, 3.8) is 0 Å². The van der Waals surface area contributed by atoms with E-state index in [-0.39, 0.29) is 5.41 Å². The van der Waals surface area contributed by atoms with E-state index in [1.54, 1.807) is 12.3 Å². The van der Waals surface area contributed by atoms with Gasteiger partial charge in [0, 0.05) is 18.2 Å². The third-order valence-electron chi connectivity index (χ3n) is 4.82. The van der Waals surface area contributed by atoms with Gasteiger partial charge in [-0.15, -0.1) is 0 Å². The Morgan fingerprint density at radius 1 is 1.20 bits per heavy atom. The van der Waals surface area contributed by atoms with Crippen molar-refractivity contribution < 1.29 is 0 Å². The zero-order valence-corrected chi connectivity index (χ0v) is 17.1. The highest BCUT2D eigenvalue weighted by atomic mass is 79.9. The molecule has 0 bridgehead atoms. The van der Waals surface area contributed by atoms with Crippen LogP contribution in [-0.2, 0) is 5.41 Å². The quantitative estimate of drug-likeness (QED) is 0.602. The van der Waals surface area contributed by atoms with Gasteiger partial charge in [-0.1, -0.05) is 61.2 Å². The van der Waals surface area contributed by atoms with Gasteiger partial charge in [-0.05, 0) is 52.6 Å². The Labute approximate surface area is 167 Å². The SMILES string of the molecule is S=C(NCC1(c2ccccc2)CCCCC1)Nc1ncc(Cl)cc1Br. The van der Waals surface area contributed by atoms with Gasteiger partial charge in [0.1, 0.15) is 5.82 Å². The summed E-state index contributed by atoms with van der Waals surface area (Å²) in [5.41, 5.74) is 1.55. The standard InChI is InChI=1S/C19H21BrClN3S/c20-16-11-15(21)12-22-17(16)24-18(25)23-13-19(9-5-2-6-10-19)14-7-3-1-4-8-14/h1,3-4,7-8,11-12H,2,5-6,9-10,13H2,(H2,22,23,24,25). The second kappa shape index (κ2) is 8.47. The Hall–Kier alpha value is -1.17. The van der Waals surface area contributed by atoms with Crippen molar-refractivity contribution in [2.75, 3.05) is 11.9 Å². The van der Waals surface area contributed by atoms with E-state index in [4.69, 9.17) is 23.8 Å². The molecule has 1 saturated carbocycles. The van der Waals surface area contributed by atoms with E-state index in [2.05, 4.69) is 61.9 Å². The first kappa shape index (κ1) is 18.6. The maximum atomic E-state index is 5.93. The van der Waals surface area contributed by atoms with E-state index in [0.29, 0.717) is 16.0 Å². The number of pyridine rings is 1. The first-order chi connectivity index (χ1) is 12.1. The highest BCUT2D eigenvalue weighted by molar-refractivity contribution is 9.10. The lowest BCUT2D eigenvalue weighted by Gasteiger charge is -2.38. The average Bonchev–Trinajstić information content (AvgIpc) is 2.64. The van der Waals surface area contributed by atoms with Crippen LogP contribution in [0.1, 0.15) is 37.7 Å². The van der Waals surface area contributed by atoms with Crippen LogP contribution in [0.15, 0.2) is 47.1 Å².